The van der Waals surface area contributed by atoms with Crippen molar-refractivity contribution in [2.45, 2.75) is 0 Å². The minimum Gasteiger partial charge on any atom is -0.277 e. The van der Waals surface area contributed by atoms with Gasteiger partial charge in [-0.1, -0.05) is 36.4 Å². The molecule has 0 saturated heterocycles. The molecule has 0 radical (unpaired) electrons. The van der Waals surface area contributed by atoms with E-state index in [-0.39, 0.29) is 11.3 Å². The minimum absolute atomic E-state index is 0.126. The SMILES string of the molecule is CONC(=O)c1nn(-c2ccccc2)c(=O)c2ccccc12. The molecule has 3 rings (SSSR count). The van der Waals surface area contributed by atoms with Gasteiger partial charge in [-0.3, -0.25) is 14.4 Å². The summed E-state index contributed by atoms with van der Waals surface area (Å²) >= 11 is 0. The molecule has 0 spiro atoms. The number of hydrogen-bond donors (Lipinski definition) is 1. The number of nitrogens with zero attached hydrogens (tertiary/aromatic N) is 2. The van der Waals surface area contributed by atoms with Gasteiger partial charge in [0.25, 0.3) is 11.5 Å². The second-order valence-electron chi connectivity index (χ2n) is 4.58. The van der Waals surface area contributed by atoms with Crippen LogP contribution in [0, 0.1) is 0 Å². The number of hydroxylamine groups is 1. The van der Waals surface area contributed by atoms with Crippen LogP contribution in [0.15, 0.2) is 59.4 Å². The number of nitrogens with one attached hydrogen (secondary N) is 1. The maximum absolute atomic E-state index is 12.6. The van der Waals surface area contributed by atoms with Crippen molar-refractivity contribution in [2.75, 3.05) is 7.11 Å². The van der Waals surface area contributed by atoms with Crippen molar-refractivity contribution in [2.24, 2.45) is 0 Å². The van der Waals surface area contributed by atoms with Crippen LogP contribution in [0.5, 0.6) is 0 Å². The van der Waals surface area contributed by atoms with E-state index in [0.717, 1.165) is 0 Å². The Labute approximate surface area is 125 Å². The normalized spacial score (nSPS) is 10.6. The van der Waals surface area contributed by atoms with E-state index in [4.69, 9.17) is 0 Å². The fraction of sp³-hybridized carbons (Fsp3) is 0.0625. The van der Waals surface area contributed by atoms with Gasteiger partial charge in [0.15, 0.2) is 5.69 Å². The van der Waals surface area contributed by atoms with Crippen LogP contribution < -0.4 is 11.0 Å². The van der Waals surface area contributed by atoms with Gasteiger partial charge in [0.2, 0.25) is 0 Å². The van der Waals surface area contributed by atoms with Crippen LogP contribution in [0.4, 0.5) is 0 Å². The average Bonchev–Trinajstić information content (AvgIpc) is 2.56. The molecular weight excluding hydrogens is 282 g/mol. The lowest BCUT2D eigenvalue weighted by Gasteiger charge is -2.10. The summed E-state index contributed by atoms with van der Waals surface area (Å²) in [4.78, 5) is 29.4. The molecule has 1 aromatic heterocycles. The minimum atomic E-state index is -0.511. The molecular formula is C16H13N3O3. The Bertz CT molecular complexity index is 888. The molecule has 2 aromatic carbocycles. The number of para-hydroxylation sites is 1. The molecule has 6 nitrogen and oxygen atoms in total. The van der Waals surface area contributed by atoms with Gasteiger partial charge in [0, 0.05) is 5.39 Å². The van der Waals surface area contributed by atoms with Gasteiger partial charge >= 0.3 is 0 Å². The van der Waals surface area contributed by atoms with E-state index in [2.05, 4.69) is 15.4 Å². The molecule has 0 atom stereocenters. The first-order valence-electron chi connectivity index (χ1n) is 6.63. The summed E-state index contributed by atoms with van der Waals surface area (Å²) in [5.74, 6) is -0.511. The molecule has 1 N–H and O–H groups in total. The van der Waals surface area contributed by atoms with Gasteiger partial charge in [-0.2, -0.15) is 9.78 Å². The Hall–Kier alpha value is -2.99. The van der Waals surface area contributed by atoms with Crippen LogP contribution in [0.25, 0.3) is 16.5 Å². The number of carbonyl (C=O) groups excluding carboxylic acids is 1. The largest absolute Gasteiger partial charge is 0.295 e. The van der Waals surface area contributed by atoms with E-state index in [1.165, 1.54) is 11.8 Å². The molecule has 0 aliphatic rings. The molecule has 1 heterocycles. The highest BCUT2D eigenvalue weighted by Crippen LogP contribution is 2.15. The van der Waals surface area contributed by atoms with Crippen LogP contribution >= 0.6 is 0 Å². The first-order valence-corrected chi connectivity index (χ1v) is 6.63. The van der Waals surface area contributed by atoms with Crippen LogP contribution in [0.2, 0.25) is 0 Å². The summed E-state index contributed by atoms with van der Waals surface area (Å²) in [5.41, 5.74) is 2.67. The van der Waals surface area contributed by atoms with E-state index in [0.29, 0.717) is 16.5 Å². The number of benzene rings is 2. The predicted molar refractivity (Wildman–Crippen MR) is 81.8 cm³/mol. The molecule has 0 saturated carbocycles. The Morgan fingerprint density at radius 2 is 1.68 bits per heavy atom. The van der Waals surface area contributed by atoms with E-state index in [9.17, 15) is 9.59 Å². The zero-order chi connectivity index (χ0) is 15.5. The summed E-state index contributed by atoms with van der Waals surface area (Å²) in [6.07, 6.45) is 0. The smallest absolute Gasteiger partial charge is 0.277 e. The Kier molecular flexibility index (Phi) is 3.67. The third-order valence-corrected chi connectivity index (χ3v) is 3.22. The van der Waals surface area contributed by atoms with Gasteiger partial charge in [-0.25, -0.2) is 5.48 Å². The Morgan fingerprint density at radius 3 is 2.36 bits per heavy atom. The Balaban J connectivity index is 2.33. The third kappa shape index (κ3) is 2.36. The third-order valence-electron chi connectivity index (χ3n) is 3.22. The molecule has 22 heavy (non-hydrogen) atoms. The second-order valence-corrected chi connectivity index (χ2v) is 4.58. The van der Waals surface area contributed by atoms with E-state index >= 15 is 0 Å². The van der Waals surface area contributed by atoms with Crippen molar-refractivity contribution in [3.05, 3.63) is 70.6 Å². The van der Waals surface area contributed by atoms with Crippen molar-refractivity contribution in [1.82, 2.24) is 15.3 Å². The molecule has 1 amide bonds. The van der Waals surface area contributed by atoms with Gasteiger partial charge in [-0.05, 0) is 18.2 Å². The highest BCUT2D eigenvalue weighted by Gasteiger charge is 2.17. The molecule has 110 valence electrons. The number of carbonyl (C=O) groups is 1. The first-order chi connectivity index (χ1) is 10.7. The molecule has 6 heteroatoms. The number of fused-ring (bicyclic) bond motifs is 1. The molecule has 0 bridgehead atoms. The van der Waals surface area contributed by atoms with Crippen LogP contribution in [0.3, 0.4) is 0 Å². The zero-order valence-corrected chi connectivity index (χ0v) is 11.8. The predicted octanol–water partition coefficient (Wildman–Crippen LogP) is 1.68. The fourth-order valence-electron chi connectivity index (χ4n) is 2.24. The number of rotatable bonds is 3. The topological polar surface area (TPSA) is 73.2 Å². The van der Waals surface area contributed by atoms with Crippen LogP contribution in [-0.2, 0) is 4.84 Å². The van der Waals surface area contributed by atoms with Gasteiger partial charge in [0.05, 0.1) is 18.2 Å². The standard InChI is InChI=1S/C16H13N3O3/c1-22-18-15(20)14-12-9-5-6-10-13(12)16(21)19(17-14)11-7-3-2-4-8-11/h2-10H,1H3,(H,18,20). The van der Waals surface area contributed by atoms with E-state index in [1.807, 2.05) is 6.07 Å². The number of aromatic nitrogens is 2. The lowest BCUT2D eigenvalue weighted by atomic mass is 10.1. The first kappa shape index (κ1) is 14.0. The maximum atomic E-state index is 12.6. The number of amides is 1. The van der Waals surface area contributed by atoms with Crippen LogP contribution in [0.1, 0.15) is 10.5 Å². The lowest BCUT2D eigenvalue weighted by Crippen LogP contribution is -2.29. The number of hydrogen-bond acceptors (Lipinski definition) is 4. The highest BCUT2D eigenvalue weighted by molar-refractivity contribution is 6.04. The maximum Gasteiger partial charge on any atom is 0.295 e. The molecule has 0 aliphatic carbocycles. The zero-order valence-electron chi connectivity index (χ0n) is 11.8. The van der Waals surface area contributed by atoms with Crippen LogP contribution in [-0.4, -0.2) is 22.8 Å². The average molecular weight is 295 g/mol. The summed E-state index contributed by atoms with van der Waals surface area (Å²) in [7, 11) is 1.34. The summed E-state index contributed by atoms with van der Waals surface area (Å²) < 4.78 is 1.22. The summed E-state index contributed by atoms with van der Waals surface area (Å²) in [6, 6.07) is 15.8. The van der Waals surface area contributed by atoms with Crippen molar-refractivity contribution in [3.63, 3.8) is 0 Å². The summed E-state index contributed by atoms with van der Waals surface area (Å²) in [5, 5.41) is 5.10. The highest BCUT2D eigenvalue weighted by atomic mass is 16.6. The van der Waals surface area contributed by atoms with Gasteiger partial charge in [-0.15, -0.1) is 0 Å². The van der Waals surface area contributed by atoms with Crippen molar-refractivity contribution >= 4 is 16.7 Å². The van der Waals surface area contributed by atoms with Crippen molar-refractivity contribution in [1.29, 1.82) is 0 Å². The molecule has 0 aliphatic heterocycles. The quantitative estimate of drug-likeness (QED) is 0.746. The fourth-order valence-corrected chi connectivity index (χ4v) is 2.24. The molecule has 0 fully saturated rings. The monoisotopic (exact) mass is 295 g/mol. The van der Waals surface area contributed by atoms with Crippen molar-refractivity contribution < 1.29 is 9.63 Å². The molecule has 0 unspecified atom stereocenters. The van der Waals surface area contributed by atoms with Gasteiger partial charge < -0.3 is 0 Å². The lowest BCUT2D eigenvalue weighted by molar-refractivity contribution is 0.0532. The summed E-state index contributed by atoms with van der Waals surface area (Å²) in [6.45, 7) is 0. The van der Waals surface area contributed by atoms with E-state index in [1.54, 1.807) is 48.5 Å². The Morgan fingerprint density at radius 1 is 1.05 bits per heavy atom. The molecule has 3 aromatic rings. The van der Waals surface area contributed by atoms with Gasteiger partial charge in [0.1, 0.15) is 0 Å². The van der Waals surface area contributed by atoms with E-state index < -0.39 is 5.91 Å². The second kappa shape index (κ2) is 5.79. The van der Waals surface area contributed by atoms with Crippen molar-refractivity contribution in [3.8, 4) is 5.69 Å².